The van der Waals surface area contributed by atoms with Gasteiger partial charge in [-0.3, -0.25) is 0 Å². The highest BCUT2D eigenvalue weighted by Crippen LogP contribution is 2.35. The van der Waals surface area contributed by atoms with E-state index in [9.17, 15) is 0 Å². The molecule has 3 heteroatoms. The van der Waals surface area contributed by atoms with Gasteiger partial charge in [0.05, 0.1) is 5.60 Å². The Morgan fingerprint density at radius 3 is 2.84 bits per heavy atom. The SMILES string of the molecule is CCc1c(C2CNCC(C)(C)O2)oc2ccccc12. The van der Waals surface area contributed by atoms with Crippen molar-refractivity contribution in [3.8, 4) is 0 Å². The first-order valence-electron chi connectivity index (χ1n) is 6.99. The van der Waals surface area contributed by atoms with E-state index in [0.29, 0.717) is 0 Å². The highest BCUT2D eigenvalue weighted by atomic mass is 16.5. The van der Waals surface area contributed by atoms with E-state index >= 15 is 0 Å². The molecule has 0 amide bonds. The monoisotopic (exact) mass is 259 g/mol. The Morgan fingerprint density at radius 2 is 2.11 bits per heavy atom. The summed E-state index contributed by atoms with van der Waals surface area (Å²) in [6.07, 6.45) is 0.971. The molecule has 3 nitrogen and oxygen atoms in total. The molecule has 0 radical (unpaired) electrons. The quantitative estimate of drug-likeness (QED) is 0.897. The maximum Gasteiger partial charge on any atom is 0.138 e. The van der Waals surface area contributed by atoms with Gasteiger partial charge in [-0.1, -0.05) is 25.1 Å². The molecule has 2 aromatic rings. The topological polar surface area (TPSA) is 34.4 Å². The van der Waals surface area contributed by atoms with E-state index in [1.165, 1.54) is 10.9 Å². The molecule has 1 aliphatic rings. The molecule has 1 saturated heterocycles. The minimum Gasteiger partial charge on any atom is -0.458 e. The highest BCUT2D eigenvalue weighted by Gasteiger charge is 2.32. The van der Waals surface area contributed by atoms with Crippen LogP contribution in [0.1, 0.15) is 38.2 Å². The predicted molar refractivity (Wildman–Crippen MR) is 76.4 cm³/mol. The Morgan fingerprint density at radius 1 is 1.32 bits per heavy atom. The number of morpholine rings is 1. The van der Waals surface area contributed by atoms with Gasteiger partial charge in [0.2, 0.25) is 0 Å². The van der Waals surface area contributed by atoms with Crippen LogP contribution in [0.4, 0.5) is 0 Å². The second-order valence-electron chi connectivity index (χ2n) is 5.79. The number of furan rings is 1. The van der Waals surface area contributed by atoms with Crippen molar-refractivity contribution in [2.45, 2.75) is 38.9 Å². The van der Waals surface area contributed by atoms with Crippen LogP contribution in [0.5, 0.6) is 0 Å². The molecule has 2 heterocycles. The van der Waals surface area contributed by atoms with Gasteiger partial charge in [0.1, 0.15) is 17.4 Å². The minimum absolute atomic E-state index is 0.00565. The van der Waals surface area contributed by atoms with Crippen molar-refractivity contribution in [3.63, 3.8) is 0 Å². The van der Waals surface area contributed by atoms with Crippen molar-refractivity contribution in [2.24, 2.45) is 0 Å². The van der Waals surface area contributed by atoms with Gasteiger partial charge in [0.25, 0.3) is 0 Å². The summed E-state index contributed by atoms with van der Waals surface area (Å²) >= 11 is 0. The van der Waals surface area contributed by atoms with E-state index in [0.717, 1.165) is 30.9 Å². The first-order valence-corrected chi connectivity index (χ1v) is 6.99. The molecule has 1 fully saturated rings. The second kappa shape index (κ2) is 4.66. The van der Waals surface area contributed by atoms with Crippen molar-refractivity contribution in [3.05, 3.63) is 35.6 Å². The lowest BCUT2D eigenvalue weighted by Gasteiger charge is -2.36. The molecule has 1 aliphatic heterocycles. The third kappa shape index (κ3) is 2.28. The van der Waals surface area contributed by atoms with E-state index in [2.05, 4.69) is 38.2 Å². The van der Waals surface area contributed by atoms with Gasteiger partial charge < -0.3 is 14.5 Å². The molecule has 1 aromatic heterocycles. The summed E-state index contributed by atoms with van der Waals surface area (Å²) in [4.78, 5) is 0. The van der Waals surface area contributed by atoms with E-state index < -0.39 is 0 Å². The van der Waals surface area contributed by atoms with Crippen molar-refractivity contribution in [2.75, 3.05) is 13.1 Å². The number of para-hydroxylation sites is 1. The number of fused-ring (bicyclic) bond motifs is 1. The number of nitrogens with one attached hydrogen (secondary N) is 1. The van der Waals surface area contributed by atoms with Gasteiger partial charge in [0.15, 0.2) is 0 Å². The molecule has 0 saturated carbocycles. The number of rotatable bonds is 2. The Hall–Kier alpha value is -1.32. The third-order valence-electron chi connectivity index (χ3n) is 3.72. The van der Waals surface area contributed by atoms with Crippen LogP contribution in [0.25, 0.3) is 11.0 Å². The average Bonchev–Trinajstić information content (AvgIpc) is 2.76. The number of hydrogen-bond donors (Lipinski definition) is 1. The second-order valence-corrected chi connectivity index (χ2v) is 5.79. The van der Waals surface area contributed by atoms with Crippen LogP contribution in [0, 0.1) is 0 Å². The summed E-state index contributed by atoms with van der Waals surface area (Å²) < 4.78 is 12.2. The molecule has 0 aliphatic carbocycles. The molecular formula is C16H21NO2. The highest BCUT2D eigenvalue weighted by molar-refractivity contribution is 5.82. The Kier molecular flexibility index (Phi) is 3.11. The lowest BCUT2D eigenvalue weighted by atomic mass is 10.0. The molecule has 1 atom stereocenters. The van der Waals surface area contributed by atoms with Crippen molar-refractivity contribution >= 4 is 11.0 Å². The van der Waals surface area contributed by atoms with Gasteiger partial charge in [-0.15, -0.1) is 0 Å². The van der Waals surface area contributed by atoms with Gasteiger partial charge in [-0.2, -0.15) is 0 Å². The van der Waals surface area contributed by atoms with E-state index in [4.69, 9.17) is 9.15 Å². The summed E-state index contributed by atoms with van der Waals surface area (Å²) in [6, 6.07) is 8.23. The Balaban J connectivity index is 2.04. The fourth-order valence-corrected chi connectivity index (χ4v) is 2.86. The maximum atomic E-state index is 6.18. The van der Waals surface area contributed by atoms with E-state index in [-0.39, 0.29) is 11.7 Å². The summed E-state index contributed by atoms with van der Waals surface area (Å²) in [7, 11) is 0. The zero-order valence-corrected chi connectivity index (χ0v) is 11.8. The lowest BCUT2D eigenvalue weighted by Crippen LogP contribution is -2.46. The average molecular weight is 259 g/mol. The van der Waals surface area contributed by atoms with Crippen LogP contribution in [-0.2, 0) is 11.2 Å². The van der Waals surface area contributed by atoms with Crippen LogP contribution in [0.2, 0.25) is 0 Å². The Labute approximate surface area is 113 Å². The summed E-state index contributed by atoms with van der Waals surface area (Å²) in [5.74, 6) is 0.990. The number of aryl methyl sites for hydroxylation is 1. The number of benzene rings is 1. The standard InChI is InChI=1S/C16H21NO2/c1-4-11-12-7-5-6-8-13(12)18-15(11)14-9-17-10-16(2,3)19-14/h5-8,14,17H,4,9-10H2,1-3H3. The van der Waals surface area contributed by atoms with Crippen LogP contribution in [-0.4, -0.2) is 18.7 Å². The Bertz CT molecular complexity index is 585. The van der Waals surface area contributed by atoms with Gasteiger partial charge in [-0.05, 0) is 26.3 Å². The maximum absolute atomic E-state index is 6.18. The minimum atomic E-state index is -0.146. The van der Waals surface area contributed by atoms with Crippen molar-refractivity contribution < 1.29 is 9.15 Å². The van der Waals surface area contributed by atoms with Crippen molar-refractivity contribution in [1.29, 1.82) is 0 Å². The fraction of sp³-hybridized carbons (Fsp3) is 0.500. The van der Waals surface area contributed by atoms with E-state index in [1.807, 2.05) is 12.1 Å². The zero-order valence-electron chi connectivity index (χ0n) is 11.8. The normalized spacial score (nSPS) is 22.8. The van der Waals surface area contributed by atoms with Crippen molar-refractivity contribution in [1.82, 2.24) is 5.32 Å². The lowest BCUT2D eigenvalue weighted by molar-refractivity contribution is -0.103. The fourth-order valence-electron chi connectivity index (χ4n) is 2.86. The van der Waals surface area contributed by atoms with Crippen LogP contribution < -0.4 is 5.32 Å². The first-order chi connectivity index (χ1) is 9.11. The van der Waals surface area contributed by atoms with Gasteiger partial charge in [-0.25, -0.2) is 0 Å². The van der Waals surface area contributed by atoms with E-state index in [1.54, 1.807) is 0 Å². The molecule has 19 heavy (non-hydrogen) atoms. The first kappa shape index (κ1) is 12.7. The zero-order chi connectivity index (χ0) is 13.5. The van der Waals surface area contributed by atoms with Gasteiger partial charge in [0, 0.05) is 24.0 Å². The summed E-state index contributed by atoms with van der Waals surface area (Å²) in [5.41, 5.74) is 2.09. The van der Waals surface area contributed by atoms with Crippen LogP contribution in [0.15, 0.2) is 28.7 Å². The molecule has 3 rings (SSSR count). The van der Waals surface area contributed by atoms with Crippen LogP contribution >= 0.6 is 0 Å². The largest absolute Gasteiger partial charge is 0.458 e. The molecule has 1 unspecified atom stereocenters. The predicted octanol–water partition coefficient (Wildman–Crippen LogP) is 3.43. The molecule has 1 N–H and O–H groups in total. The van der Waals surface area contributed by atoms with Gasteiger partial charge >= 0.3 is 0 Å². The smallest absolute Gasteiger partial charge is 0.138 e. The van der Waals surface area contributed by atoms with Crippen LogP contribution in [0.3, 0.4) is 0 Å². The summed E-state index contributed by atoms with van der Waals surface area (Å²) in [5, 5.41) is 4.65. The molecular weight excluding hydrogens is 238 g/mol. The number of ether oxygens (including phenoxy) is 1. The summed E-state index contributed by atoms with van der Waals surface area (Å²) in [6.45, 7) is 8.09. The third-order valence-corrected chi connectivity index (χ3v) is 3.72. The molecule has 102 valence electrons. The molecule has 0 spiro atoms. The number of hydrogen-bond acceptors (Lipinski definition) is 3. The molecule has 0 bridgehead atoms. The molecule has 1 aromatic carbocycles.